The minimum Gasteiger partial charge on any atom is -0.459 e. The molecule has 1 aliphatic rings. The Morgan fingerprint density at radius 3 is 2.41 bits per heavy atom. The molecule has 0 N–H and O–H groups in total. The molecule has 112 valence electrons. The summed E-state index contributed by atoms with van der Waals surface area (Å²) >= 11 is 0. The Balaban J connectivity index is 1.87. The predicted octanol–water partition coefficient (Wildman–Crippen LogP) is 3.92. The van der Waals surface area contributed by atoms with Gasteiger partial charge in [0.05, 0.1) is 6.26 Å². The minimum atomic E-state index is -0.466. The number of carbonyl (C=O) groups excluding carboxylic acids is 1. The van der Waals surface area contributed by atoms with Gasteiger partial charge < -0.3 is 9.15 Å². The SMILES string of the molecule is CC(C)(C)c1ccc(/C=C2\N=C(c3ccco3)OC2=O)cc1. The lowest BCUT2D eigenvalue weighted by molar-refractivity contribution is -0.130. The van der Waals surface area contributed by atoms with Crippen molar-refractivity contribution in [1.82, 2.24) is 0 Å². The molecule has 0 aliphatic carbocycles. The van der Waals surface area contributed by atoms with Gasteiger partial charge >= 0.3 is 5.97 Å². The third kappa shape index (κ3) is 2.86. The number of nitrogens with zero attached hydrogens (tertiary/aromatic N) is 1. The summed E-state index contributed by atoms with van der Waals surface area (Å²) in [5.74, 6) is 0.179. The van der Waals surface area contributed by atoms with E-state index in [0.717, 1.165) is 5.56 Å². The van der Waals surface area contributed by atoms with Crippen LogP contribution in [0, 0.1) is 0 Å². The summed E-state index contributed by atoms with van der Waals surface area (Å²) in [7, 11) is 0. The summed E-state index contributed by atoms with van der Waals surface area (Å²) in [5.41, 5.74) is 2.52. The highest BCUT2D eigenvalue weighted by Crippen LogP contribution is 2.24. The molecule has 0 fully saturated rings. The van der Waals surface area contributed by atoms with Crippen molar-refractivity contribution < 1.29 is 13.9 Å². The van der Waals surface area contributed by atoms with Crippen LogP contribution in [0.3, 0.4) is 0 Å². The number of hydrogen-bond acceptors (Lipinski definition) is 4. The molecule has 0 atom stereocenters. The topological polar surface area (TPSA) is 51.8 Å². The van der Waals surface area contributed by atoms with Crippen LogP contribution in [0.5, 0.6) is 0 Å². The predicted molar refractivity (Wildman–Crippen MR) is 84.5 cm³/mol. The average Bonchev–Trinajstić information content (AvgIpc) is 3.09. The molecule has 3 rings (SSSR count). The zero-order valence-corrected chi connectivity index (χ0v) is 12.8. The van der Waals surface area contributed by atoms with Gasteiger partial charge in [0.25, 0.3) is 5.90 Å². The Kier molecular flexibility index (Phi) is 3.45. The van der Waals surface area contributed by atoms with Gasteiger partial charge in [-0.3, -0.25) is 0 Å². The highest BCUT2D eigenvalue weighted by Gasteiger charge is 2.25. The van der Waals surface area contributed by atoms with Crippen LogP contribution in [0.1, 0.15) is 37.7 Å². The lowest BCUT2D eigenvalue weighted by Gasteiger charge is -2.18. The first-order chi connectivity index (χ1) is 10.4. The van der Waals surface area contributed by atoms with Gasteiger partial charge in [-0.15, -0.1) is 0 Å². The molecule has 0 bridgehead atoms. The largest absolute Gasteiger partial charge is 0.459 e. The second-order valence-electron chi connectivity index (χ2n) is 6.19. The first-order valence-corrected chi connectivity index (χ1v) is 7.10. The summed E-state index contributed by atoms with van der Waals surface area (Å²) < 4.78 is 10.3. The van der Waals surface area contributed by atoms with E-state index in [0.29, 0.717) is 5.76 Å². The standard InChI is InChI=1S/C18H17NO3/c1-18(2,3)13-8-6-12(7-9-13)11-14-17(20)22-16(19-14)15-5-4-10-21-15/h4-11H,1-3H3/b14-11-. The normalized spacial score (nSPS) is 16.8. The fourth-order valence-corrected chi connectivity index (χ4v) is 2.15. The van der Waals surface area contributed by atoms with Gasteiger partial charge in [0, 0.05) is 0 Å². The Morgan fingerprint density at radius 2 is 1.82 bits per heavy atom. The molecule has 4 heteroatoms. The molecule has 1 aliphatic heterocycles. The molecule has 22 heavy (non-hydrogen) atoms. The lowest BCUT2D eigenvalue weighted by Crippen LogP contribution is -2.10. The zero-order valence-electron chi connectivity index (χ0n) is 12.8. The van der Waals surface area contributed by atoms with Gasteiger partial charge in [0.15, 0.2) is 11.5 Å². The van der Waals surface area contributed by atoms with Crippen molar-refractivity contribution in [1.29, 1.82) is 0 Å². The van der Waals surface area contributed by atoms with Gasteiger partial charge in [0.1, 0.15) is 0 Å². The second-order valence-corrected chi connectivity index (χ2v) is 6.19. The van der Waals surface area contributed by atoms with Crippen molar-refractivity contribution in [3.63, 3.8) is 0 Å². The zero-order chi connectivity index (χ0) is 15.7. The van der Waals surface area contributed by atoms with E-state index in [1.807, 2.05) is 12.1 Å². The number of hydrogen-bond donors (Lipinski definition) is 0. The molecule has 0 spiro atoms. The van der Waals surface area contributed by atoms with Crippen molar-refractivity contribution in [2.24, 2.45) is 4.99 Å². The summed E-state index contributed by atoms with van der Waals surface area (Å²) in [5, 5.41) is 0. The summed E-state index contributed by atoms with van der Waals surface area (Å²) in [4.78, 5) is 16.1. The number of benzene rings is 1. The van der Waals surface area contributed by atoms with Gasteiger partial charge in [-0.1, -0.05) is 45.0 Å². The third-order valence-corrected chi connectivity index (χ3v) is 3.43. The van der Waals surface area contributed by atoms with Crippen molar-refractivity contribution >= 4 is 17.9 Å². The second kappa shape index (κ2) is 5.30. The summed E-state index contributed by atoms with van der Waals surface area (Å²) in [6.07, 6.45) is 3.23. The molecule has 0 saturated heterocycles. The summed E-state index contributed by atoms with van der Waals surface area (Å²) in [6, 6.07) is 11.5. The molecule has 2 aromatic rings. The van der Waals surface area contributed by atoms with E-state index in [1.165, 1.54) is 11.8 Å². The number of carbonyl (C=O) groups is 1. The van der Waals surface area contributed by atoms with Crippen LogP contribution in [0.2, 0.25) is 0 Å². The smallest absolute Gasteiger partial charge is 0.363 e. The molecule has 1 aromatic carbocycles. The molecule has 2 heterocycles. The lowest BCUT2D eigenvalue weighted by atomic mass is 9.87. The Bertz CT molecular complexity index is 745. The molecule has 0 radical (unpaired) electrons. The monoisotopic (exact) mass is 295 g/mol. The van der Waals surface area contributed by atoms with E-state index in [-0.39, 0.29) is 17.0 Å². The fraction of sp³-hybridized carbons (Fsp3) is 0.222. The number of cyclic esters (lactones) is 1. The van der Waals surface area contributed by atoms with Gasteiger partial charge in [-0.2, -0.15) is 0 Å². The van der Waals surface area contributed by atoms with Gasteiger partial charge in [-0.05, 0) is 34.8 Å². The minimum absolute atomic E-state index is 0.0998. The fourth-order valence-electron chi connectivity index (χ4n) is 2.15. The van der Waals surface area contributed by atoms with E-state index in [1.54, 1.807) is 18.2 Å². The maximum absolute atomic E-state index is 11.9. The number of esters is 1. The Hall–Kier alpha value is -2.62. The van der Waals surface area contributed by atoms with Gasteiger partial charge in [-0.25, -0.2) is 9.79 Å². The maximum Gasteiger partial charge on any atom is 0.363 e. The number of furan rings is 1. The van der Waals surface area contributed by atoms with Crippen molar-refractivity contribution in [2.45, 2.75) is 26.2 Å². The van der Waals surface area contributed by atoms with Crippen LogP contribution in [-0.4, -0.2) is 11.9 Å². The molecule has 1 aromatic heterocycles. The van der Waals surface area contributed by atoms with Crippen LogP contribution >= 0.6 is 0 Å². The Labute approximate surface area is 129 Å². The average molecular weight is 295 g/mol. The molecule has 4 nitrogen and oxygen atoms in total. The van der Waals surface area contributed by atoms with E-state index in [4.69, 9.17) is 9.15 Å². The van der Waals surface area contributed by atoms with Crippen molar-refractivity contribution in [2.75, 3.05) is 0 Å². The molecular formula is C18H17NO3. The van der Waals surface area contributed by atoms with Crippen LogP contribution in [0.15, 0.2) is 57.8 Å². The van der Waals surface area contributed by atoms with E-state index in [2.05, 4.69) is 37.9 Å². The maximum atomic E-state index is 11.9. The van der Waals surface area contributed by atoms with Crippen molar-refractivity contribution in [3.05, 3.63) is 65.2 Å². The Morgan fingerprint density at radius 1 is 1.09 bits per heavy atom. The molecule has 0 amide bonds. The number of rotatable bonds is 2. The van der Waals surface area contributed by atoms with Crippen LogP contribution in [0.25, 0.3) is 6.08 Å². The molecular weight excluding hydrogens is 278 g/mol. The van der Waals surface area contributed by atoms with Crippen molar-refractivity contribution in [3.8, 4) is 0 Å². The van der Waals surface area contributed by atoms with E-state index >= 15 is 0 Å². The number of aliphatic imine (C=N–C) groups is 1. The first-order valence-electron chi connectivity index (χ1n) is 7.10. The van der Waals surface area contributed by atoms with Crippen LogP contribution < -0.4 is 0 Å². The third-order valence-electron chi connectivity index (χ3n) is 3.43. The number of ether oxygens (including phenoxy) is 1. The quantitative estimate of drug-likeness (QED) is 0.623. The van der Waals surface area contributed by atoms with Crippen LogP contribution in [0.4, 0.5) is 0 Å². The van der Waals surface area contributed by atoms with E-state index in [9.17, 15) is 4.79 Å². The van der Waals surface area contributed by atoms with Gasteiger partial charge in [0.2, 0.25) is 0 Å². The highest BCUT2D eigenvalue weighted by atomic mass is 16.6. The van der Waals surface area contributed by atoms with Crippen LogP contribution in [-0.2, 0) is 14.9 Å². The first kappa shape index (κ1) is 14.3. The molecule has 0 saturated carbocycles. The van der Waals surface area contributed by atoms with E-state index < -0.39 is 5.97 Å². The summed E-state index contributed by atoms with van der Waals surface area (Å²) in [6.45, 7) is 6.48. The molecule has 0 unspecified atom stereocenters. The highest BCUT2D eigenvalue weighted by molar-refractivity contribution is 6.11.